The molecule has 3 aliphatic heterocycles. The quantitative estimate of drug-likeness (QED) is 0.702. The lowest BCUT2D eigenvalue weighted by Crippen LogP contribution is -2.39. The van der Waals surface area contributed by atoms with Crippen molar-refractivity contribution in [2.24, 2.45) is 5.92 Å². The van der Waals surface area contributed by atoms with Gasteiger partial charge in [0, 0.05) is 36.4 Å². The normalized spacial score (nSPS) is 22.8. The maximum Gasteiger partial charge on any atom is 0.255 e. The first kappa shape index (κ1) is 20.7. The summed E-state index contributed by atoms with van der Waals surface area (Å²) in [6.45, 7) is 8.69. The van der Waals surface area contributed by atoms with Crippen LogP contribution in [-0.4, -0.2) is 44.2 Å². The van der Waals surface area contributed by atoms with Gasteiger partial charge in [-0.05, 0) is 93.6 Å². The van der Waals surface area contributed by atoms with Crippen LogP contribution in [0.1, 0.15) is 37.9 Å². The van der Waals surface area contributed by atoms with Gasteiger partial charge in [-0.3, -0.25) is 9.69 Å². The highest BCUT2D eigenvalue weighted by Gasteiger charge is 2.25. The summed E-state index contributed by atoms with van der Waals surface area (Å²) in [6, 6.07) is 4.66. The Hall–Kier alpha value is -3.18. The van der Waals surface area contributed by atoms with Crippen LogP contribution in [0.4, 0.5) is 0 Å². The highest BCUT2D eigenvalue weighted by molar-refractivity contribution is 5.94. The van der Waals surface area contributed by atoms with Crippen molar-refractivity contribution in [2.45, 2.75) is 39.7 Å². The van der Waals surface area contributed by atoms with Crippen LogP contribution in [-0.2, 0) is 4.79 Å². The number of aromatic nitrogens is 2. The van der Waals surface area contributed by atoms with E-state index in [0.29, 0.717) is 12.0 Å². The van der Waals surface area contributed by atoms with Crippen molar-refractivity contribution >= 4 is 17.1 Å². The van der Waals surface area contributed by atoms with Gasteiger partial charge in [-0.25, -0.2) is 4.98 Å². The molecule has 164 valence electrons. The standard InChI is InChI=1S/C27H30N4O/c1-19(2)29-13-11-21(12-14-29)22-5-4-6-25-9-7-24(18-31(25)27(32)15-22)23-8-10-26-28-20(3)16-30(26)17-23/h4-10,15-19,21H,11-14H2,1-3H3/b5-4+,22-15+,25-6?. The SMILES string of the molecule is Cc1cn2cc(C3=CN4C(=O)/C=C(C5CCN(C(C)C)CC5)\C=C\C=C4C=C3)ccc2n1. The molecular formula is C27H30N4O. The van der Waals surface area contributed by atoms with Gasteiger partial charge < -0.3 is 9.30 Å². The van der Waals surface area contributed by atoms with Crippen molar-refractivity contribution in [3.05, 3.63) is 89.7 Å². The number of hydrogen-bond acceptors (Lipinski definition) is 3. The molecule has 0 saturated carbocycles. The van der Waals surface area contributed by atoms with E-state index < -0.39 is 0 Å². The number of rotatable bonds is 3. The van der Waals surface area contributed by atoms with Crippen LogP contribution in [0.3, 0.4) is 0 Å². The summed E-state index contributed by atoms with van der Waals surface area (Å²) in [6.07, 6.45) is 20.4. The van der Waals surface area contributed by atoms with E-state index in [4.69, 9.17) is 0 Å². The zero-order chi connectivity index (χ0) is 22.2. The predicted molar refractivity (Wildman–Crippen MR) is 129 cm³/mol. The van der Waals surface area contributed by atoms with Crippen LogP contribution in [0.2, 0.25) is 0 Å². The molecule has 5 heterocycles. The fraction of sp³-hybridized carbons (Fsp3) is 0.333. The molecule has 5 rings (SSSR count). The lowest BCUT2D eigenvalue weighted by atomic mass is 9.87. The number of amides is 1. The number of aryl methyl sites for hydroxylation is 1. The minimum atomic E-state index is 0.0169. The summed E-state index contributed by atoms with van der Waals surface area (Å²) in [4.78, 5) is 22.1. The van der Waals surface area contributed by atoms with Gasteiger partial charge in [0.2, 0.25) is 0 Å². The third kappa shape index (κ3) is 4.00. The van der Waals surface area contributed by atoms with E-state index in [2.05, 4.69) is 54.2 Å². The Morgan fingerprint density at radius 1 is 1.06 bits per heavy atom. The minimum absolute atomic E-state index is 0.0169. The van der Waals surface area contributed by atoms with Crippen LogP contribution >= 0.6 is 0 Å². The van der Waals surface area contributed by atoms with Crippen molar-refractivity contribution in [1.82, 2.24) is 19.2 Å². The van der Waals surface area contributed by atoms with E-state index in [1.165, 1.54) is 0 Å². The molecule has 1 amide bonds. The van der Waals surface area contributed by atoms with Gasteiger partial charge in [-0.2, -0.15) is 0 Å². The highest BCUT2D eigenvalue weighted by atomic mass is 16.2. The van der Waals surface area contributed by atoms with E-state index in [1.54, 1.807) is 4.90 Å². The molecule has 2 aromatic heterocycles. The zero-order valence-electron chi connectivity index (χ0n) is 19.0. The Labute approximate surface area is 189 Å². The Morgan fingerprint density at radius 2 is 1.88 bits per heavy atom. The molecule has 0 aliphatic carbocycles. The molecule has 2 aromatic rings. The third-order valence-corrected chi connectivity index (χ3v) is 6.70. The number of carbonyl (C=O) groups excluding carboxylic acids is 1. The summed E-state index contributed by atoms with van der Waals surface area (Å²) in [5, 5.41) is 0. The van der Waals surface area contributed by atoms with Crippen LogP contribution in [0.25, 0.3) is 11.2 Å². The molecule has 1 saturated heterocycles. The van der Waals surface area contributed by atoms with E-state index in [1.807, 2.05) is 48.0 Å². The number of likely N-dealkylation sites (tertiary alicyclic amines) is 1. The smallest absolute Gasteiger partial charge is 0.255 e. The molecule has 1 fully saturated rings. The second-order valence-corrected chi connectivity index (χ2v) is 9.19. The van der Waals surface area contributed by atoms with E-state index in [9.17, 15) is 4.79 Å². The second-order valence-electron chi connectivity index (χ2n) is 9.19. The first-order chi connectivity index (χ1) is 15.5. The molecule has 0 spiro atoms. The minimum Gasteiger partial charge on any atom is -0.306 e. The molecule has 0 N–H and O–H groups in total. The lowest BCUT2D eigenvalue weighted by Gasteiger charge is -2.35. The molecule has 32 heavy (non-hydrogen) atoms. The van der Waals surface area contributed by atoms with Gasteiger partial charge >= 0.3 is 0 Å². The Morgan fingerprint density at radius 3 is 2.66 bits per heavy atom. The maximum atomic E-state index is 13.3. The fourth-order valence-corrected chi connectivity index (χ4v) is 4.82. The molecular weight excluding hydrogens is 396 g/mol. The molecule has 5 heteroatoms. The van der Waals surface area contributed by atoms with Crippen molar-refractivity contribution in [3.8, 4) is 0 Å². The van der Waals surface area contributed by atoms with Crippen molar-refractivity contribution in [3.63, 3.8) is 0 Å². The Bertz CT molecular complexity index is 1200. The van der Waals surface area contributed by atoms with Gasteiger partial charge in [-0.15, -0.1) is 0 Å². The topological polar surface area (TPSA) is 40.9 Å². The second kappa shape index (κ2) is 8.40. The number of carbonyl (C=O) groups is 1. The lowest BCUT2D eigenvalue weighted by molar-refractivity contribution is -0.122. The first-order valence-electron chi connectivity index (χ1n) is 11.5. The predicted octanol–water partition coefficient (Wildman–Crippen LogP) is 4.88. The largest absolute Gasteiger partial charge is 0.306 e. The third-order valence-electron chi connectivity index (χ3n) is 6.70. The van der Waals surface area contributed by atoms with Gasteiger partial charge in [-0.1, -0.05) is 18.2 Å². The number of fused-ring (bicyclic) bond motifs is 2. The van der Waals surface area contributed by atoms with Gasteiger partial charge in [0.1, 0.15) is 5.65 Å². The monoisotopic (exact) mass is 426 g/mol. The molecule has 0 radical (unpaired) electrons. The van der Waals surface area contributed by atoms with Crippen LogP contribution in [0.15, 0.2) is 78.5 Å². The summed E-state index contributed by atoms with van der Waals surface area (Å²) < 4.78 is 2.03. The molecule has 0 bridgehead atoms. The fourth-order valence-electron chi connectivity index (χ4n) is 4.82. The molecule has 0 aromatic carbocycles. The van der Waals surface area contributed by atoms with E-state index in [-0.39, 0.29) is 5.91 Å². The summed E-state index contributed by atoms with van der Waals surface area (Å²) >= 11 is 0. The maximum absolute atomic E-state index is 13.3. The number of imidazole rings is 1. The molecule has 3 aliphatic rings. The number of piperidine rings is 1. The van der Waals surface area contributed by atoms with Crippen LogP contribution in [0.5, 0.6) is 0 Å². The summed E-state index contributed by atoms with van der Waals surface area (Å²) in [7, 11) is 0. The van der Waals surface area contributed by atoms with E-state index in [0.717, 1.165) is 59.7 Å². The number of allylic oxidation sites excluding steroid dienone is 7. The molecule has 0 unspecified atom stereocenters. The van der Waals surface area contributed by atoms with Crippen molar-refractivity contribution in [2.75, 3.05) is 13.1 Å². The van der Waals surface area contributed by atoms with Gasteiger partial charge in [0.25, 0.3) is 5.91 Å². The Balaban J connectivity index is 1.41. The summed E-state index contributed by atoms with van der Waals surface area (Å²) in [5.41, 5.74) is 6.02. The van der Waals surface area contributed by atoms with Gasteiger partial charge in [0.05, 0.1) is 5.69 Å². The van der Waals surface area contributed by atoms with E-state index >= 15 is 0 Å². The number of hydrogen-bond donors (Lipinski definition) is 0. The van der Waals surface area contributed by atoms with Crippen molar-refractivity contribution in [1.29, 1.82) is 0 Å². The Kier molecular flexibility index (Phi) is 5.43. The molecule has 5 nitrogen and oxygen atoms in total. The first-order valence-corrected chi connectivity index (χ1v) is 11.5. The van der Waals surface area contributed by atoms with Crippen LogP contribution < -0.4 is 0 Å². The average molecular weight is 427 g/mol. The number of nitrogens with zero attached hydrogens (tertiary/aromatic N) is 4. The van der Waals surface area contributed by atoms with Gasteiger partial charge in [0.15, 0.2) is 0 Å². The zero-order valence-corrected chi connectivity index (χ0v) is 19.0. The average Bonchev–Trinajstić information content (AvgIpc) is 3.16. The highest BCUT2D eigenvalue weighted by Crippen LogP contribution is 2.30. The molecule has 0 atom stereocenters. The number of pyridine rings is 1. The van der Waals surface area contributed by atoms with Crippen LogP contribution in [0, 0.1) is 12.8 Å². The van der Waals surface area contributed by atoms with Crippen molar-refractivity contribution < 1.29 is 4.79 Å². The summed E-state index contributed by atoms with van der Waals surface area (Å²) in [5.74, 6) is 0.458.